The third kappa shape index (κ3) is 4.31. The number of nitrogens with two attached hydrogens (primary N) is 3. The van der Waals surface area contributed by atoms with E-state index < -0.39 is 0 Å². The molecule has 0 aromatic heterocycles. The zero-order valence-electron chi connectivity index (χ0n) is 14.3. The predicted octanol–water partition coefficient (Wildman–Crippen LogP) is 1.60. The van der Waals surface area contributed by atoms with Crippen molar-refractivity contribution in [3.05, 3.63) is 36.4 Å². The van der Waals surface area contributed by atoms with E-state index in [0.717, 1.165) is 11.1 Å². The van der Waals surface area contributed by atoms with Gasteiger partial charge in [0.15, 0.2) is 17.5 Å². The number of benzene rings is 2. The van der Waals surface area contributed by atoms with Crippen LogP contribution in [0.3, 0.4) is 0 Å². The van der Waals surface area contributed by atoms with Crippen LogP contribution in [0.25, 0.3) is 11.1 Å². The summed E-state index contributed by atoms with van der Waals surface area (Å²) in [7, 11) is 4.69. The lowest BCUT2D eigenvalue weighted by Gasteiger charge is -2.14. The van der Waals surface area contributed by atoms with Gasteiger partial charge in [-0.1, -0.05) is 12.1 Å². The van der Waals surface area contributed by atoms with E-state index in [1.54, 1.807) is 27.4 Å². The average Bonchev–Trinajstić information content (AvgIpc) is 2.59. The van der Waals surface area contributed by atoms with Crippen LogP contribution >= 0.6 is 0 Å². The van der Waals surface area contributed by atoms with Crippen LogP contribution in [-0.2, 0) is 0 Å². The van der Waals surface area contributed by atoms with E-state index in [0.29, 0.717) is 22.9 Å². The molecule has 0 aliphatic rings. The fraction of sp³-hybridized carbons (Fsp3) is 0.176. The Labute approximate surface area is 145 Å². The predicted molar refractivity (Wildman–Crippen MR) is 98.6 cm³/mol. The summed E-state index contributed by atoms with van der Waals surface area (Å²) in [5, 5.41) is 0. The Bertz CT molecular complexity index is 789. The highest BCUT2D eigenvalue weighted by atomic mass is 16.5. The van der Waals surface area contributed by atoms with E-state index in [-0.39, 0.29) is 11.9 Å². The monoisotopic (exact) mass is 343 g/mol. The van der Waals surface area contributed by atoms with Crippen LogP contribution in [0.15, 0.2) is 46.4 Å². The molecule has 0 aliphatic heterocycles. The minimum Gasteiger partial charge on any atom is -0.493 e. The lowest BCUT2D eigenvalue weighted by atomic mass is 10.0. The summed E-state index contributed by atoms with van der Waals surface area (Å²) in [6.07, 6.45) is 0. The summed E-state index contributed by atoms with van der Waals surface area (Å²) in [5.74, 6) is 1.47. The molecule has 0 unspecified atom stereocenters. The summed E-state index contributed by atoms with van der Waals surface area (Å²) in [4.78, 5) is 7.86. The van der Waals surface area contributed by atoms with Gasteiger partial charge in [-0.25, -0.2) is 4.99 Å². The van der Waals surface area contributed by atoms with Gasteiger partial charge in [0.05, 0.1) is 27.0 Å². The maximum Gasteiger partial charge on any atom is 0.223 e. The Morgan fingerprint density at radius 3 is 2.00 bits per heavy atom. The lowest BCUT2D eigenvalue weighted by molar-refractivity contribution is 0.324. The van der Waals surface area contributed by atoms with Gasteiger partial charge < -0.3 is 31.4 Å². The smallest absolute Gasteiger partial charge is 0.223 e. The van der Waals surface area contributed by atoms with Crippen molar-refractivity contribution in [2.24, 2.45) is 27.2 Å². The van der Waals surface area contributed by atoms with Crippen molar-refractivity contribution in [2.45, 2.75) is 0 Å². The molecule has 0 fully saturated rings. The first kappa shape index (κ1) is 17.9. The van der Waals surface area contributed by atoms with Gasteiger partial charge in [0.2, 0.25) is 11.7 Å². The number of hydrogen-bond acceptors (Lipinski definition) is 4. The second kappa shape index (κ2) is 7.91. The SMILES string of the molecule is COc1cc(-c2cccc(N=C(N)N=C(N)N)c2)cc(OC)c1OC. The topological polar surface area (TPSA) is 130 Å². The zero-order chi connectivity index (χ0) is 18.4. The molecule has 6 N–H and O–H groups in total. The van der Waals surface area contributed by atoms with Gasteiger partial charge >= 0.3 is 0 Å². The summed E-state index contributed by atoms with van der Waals surface area (Å²) in [6.45, 7) is 0. The Kier molecular flexibility index (Phi) is 5.67. The van der Waals surface area contributed by atoms with Gasteiger partial charge in [0.25, 0.3) is 0 Å². The van der Waals surface area contributed by atoms with Gasteiger partial charge in [0.1, 0.15) is 0 Å². The van der Waals surface area contributed by atoms with Gasteiger partial charge in [-0.05, 0) is 35.4 Å². The number of nitrogens with zero attached hydrogens (tertiary/aromatic N) is 2. The number of hydrogen-bond donors (Lipinski definition) is 3. The van der Waals surface area contributed by atoms with Crippen molar-refractivity contribution >= 4 is 17.6 Å². The standard InChI is InChI=1S/C17H21N5O3/c1-23-13-8-11(9-14(24-2)15(13)25-3)10-5-4-6-12(7-10)21-17(20)22-16(18)19/h4-9H,1-3H3,(H6,18,19,20,21,22). The van der Waals surface area contributed by atoms with Crippen molar-refractivity contribution in [1.29, 1.82) is 0 Å². The average molecular weight is 343 g/mol. The number of guanidine groups is 2. The molecule has 0 saturated heterocycles. The third-order valence-electron chi connectivity index (χ3n) is 3.33. The van der Waals surface area contributed by atoms with Crippen LogP contribution < -0.4 is 31.4 Å². The van der Waals surface area contributed by atoms with Crippen LogP contribution in [0.5, 0.6) is 17.2 Å². The lowest BCUT2D eigenvalue weighted by Crippen LogP contribution is -2.26. The van der Waals surface area contributed by atoms with E-state index in [2.05, 4.69) is 9.98 Å². The minimum atomic E-state index is -0.151. The highest BCUT2D eigenvalue weighted by Crippen LogP contribution is 2.41. The van der Waals surface area contributed by atoms with Crippen LogP contribution in [0, 0.1) is 0 Å². The largest absolute Gasteiger partial charge is 0.493 e. The van der Waals surface area contributed by atoms with Gasteiger partial charge in [0, 0.05) is 0 Å². The molecule has 25 heavy (non-hydrogen) atoms. The molecular formula is C17H21N5O3. The molecule has 0 atom stereocenters. The van der Waals surface area contributed by atoms with E-state index in [1.807, 2.05) is 30.3 Å². The number of methoxy groups -OCH3 is 3. The summed E-state index contributed by atoms with van der Waals surface area (Å²) in [6, 6.07) is 11.1. The fourth-order valence-corrected chi connectivity index (χ4v) is 2.29. The Morgan fingerprint density at radius 1 is 0.840 bits per heavy atom. The Hall–Kier alpha value is -3.42. The summed E-state index contributed by atoms with van der Waals surface area (Å²) in [5.41, 5.74) is 18.6. The molecular weight excluding hydrogens is 322 g/mol. The number of rotatable bonds is 5. The summed E-state index contributed by atoms with van der Waals surface area (Å²) < 4.78 is 16.1. The van der Waals surface area contributed by atoms with Crippen molar-refractivity contribution in [3.63, 3.8) is 0 Å². The van der Waals surface area contributed by atoms with Crippen molar-refractivity contribution in [3.8, 4) is 28.4 Å². The third-order valence-corrected chi connectivity index (χ3v) is 3.33. The quantitative estimate of drug-likeness (QED) is 0.558. The Balaban J connectivity index is 2.49. The van der Waals surface area contributed by atoms with Crippen LogP contribution in [0.1, 0.15) is 0 Å². The minimum absolute atomic E-state index is 0.0259. The molecule has 132 valence electrons. The van der Waals surface area contributed by atoms with E-state index >= 15 is 0 Å². The molecule has 8 heteroatoms. The highest BCUT2D eigenvalue weighted by molar-refractivity contribution is 5.93. The van der Waals surface area contributed by atoms with Crippen LogP contribution in [0.4, 0.5) is 5.69 Å². The van der Waals surface area contributed by atoms with E-state index in [9.17, 15) is 0 Å². The van der Waals surface area contributed by atoms with E-state index in [1.165, 1.54) is 0 Å². The zero-order valence-corrected chi connectivity index (χ0v) is 14.3. The summed E-state index contributed by atoms with van der Waals surface area (Å²) >= 11 is 0. The Morgan fingerprint density at radius 2 is 1.48 bits per heavy atom. The number of ether oxygens (including phenoxy) is 3. The molecule has 0 aliphatic carbocycles. The molecule has 0 spiro atoms. The maximum atomic E-state index is 5.67. The second-order valence-electron chi connectivity index (χ2n) is 4.97. The molecule has 0 heterocycles. The molecule has 2 aromatic rings. The molecule has 2 rings (SSSR count). The fourth-order valence-electron chi connectivity index (χ4n) is 2.29. The first-order chi connectivity index (χ1) is 12.0. The molecule has 0 saturated carbocycles. The first-order valence-electron chi connectivity index (χ1n) is 7.32. The van der Waals surface area contributed by atoms with Crippen LogP contribution in [-0.4, -0.2) is 33.2 Å². The molecule has 0 radical (unpaired) electrons. The molecule has 8 nitrogen and oxygen atoms in total. The van der Waals surface area contributed by atoms with Crippen molar-refractivity contribution in [2.75, 3.05) is 21.3 Å². The molecule has 0 amide bonds. The first-order valence-corrected chi connectivity index (χ1v) is 7.32. The highest BCUT2D eigenvalue weighted by Gasteiger charge is 2.14. The molecule has 0 bridgehead atoms. The van der Waals surface area contributed by atoms with Crippen molar-refractivity contribution in [1.82, 2.24) is 0 Å². The van der Waals surface area contributed by atoms with Gasteiger partial charge in [-0.2, -0.15) is 4.99 Å². The second-order valence-corrected chi connectivity index (χ2v) is 4.97. The molecule has 2 aromatic carbocycles. The van der Waals surface area contributed by atoms with Gasteiger partial charge in [-0.15, -0.1) is 0 Å². The normalized spacial score (nSPS) is 10.9. The van der Waals surface area contributed by atoms with Crippen molar-refractivity contribution < 1.29 is 14.2 Å². The maximum absolute atomic E-state index is 5.67. The van der Waals surface area contributed by atoms with Crippen LogP contribution in [0.2, 0.25) is 0 Å². The number of aliphatic imine (C=N–C) groups is 2. The van der Waals surface area contributed by atoms with Gasteiger partial charge in [-0.3, -0.25) is 0 Å². The van der Waals surface area contributed by atoms with E-state index in [4.69, 9.17) is 31.4 Å².